The second-order valence-corrected chi connectivity index (χ2v) is 6.78. The molecule has 3 nitrogen and oxygen atoms in total. The Bertz CT molecular complexity index is 786. The van der Waals surface area contributed by atoms with Gasteiger partial charge in [-0.1, -0.05) is 0 Å². The zero-order valence-electron chi connectivity index (χ0n) is 14.0. The molecule has 0 saturated carbocycles. The summed E-state index contributed by atoms with van der Waals surface area (Å²) in [6.07, 6.45) is -7.93. The molecule has 0 aliphatic carbocycles. The number of halogens is 18. The number of hydrogen-bond acceptors (Lipinski definition) is 3. The van der Waals surface area contributed by atoms with E-state index in [9.17, 15) is 92.0 Å². The molecule has 0 N–H and O–H groups in total. The first-order valence-electron chi connectivity index (χ1n) is 6.21. The van der Waals surface area contributed by atoms with Gasteiger partial charge in [0.25, 0.3) is 5.50 Å². The van der Waals surface area contributed by atoms with E-state index in [1.165, 1.54) is 0 Å². The Morgan fingerprint density at radius 3 is 0.938 bits per heavy atom. The van der Waals surface area contributed by atoms with E-state index >= 15 is 0 Å². The molecular formula is C9HF18KO3S. The van der Waals surface area contributed by atoms with Crippen molar-refractivity contribution in [1.29, 1.82) is 0 Å². The quantitative estimate of drug-likeness (QED) is 0.255. The third-order valence-electron chi connectivity index (χ3n) is 3.28. The molecule has 23 heteroatoms. The van der Waals surface area contributed by atoms with Crippen LogP contribution >= 0.6 is 0 Å². The van der Waals surface area contributed by atoms with Crippen molar-refractivity contribution in [1.82, 2.24) is 0 Å². The van der Waals surface area contributed by atoms with Gasteiger partial charge in [0.15, 0.2) is 0 Å². The molecule has 1 unspecified atom stereocenters. The standard InChI is InChI=1S/C9H2F18O3S.K/c10-1(31(28,29)30)2(11,12)3(13,14)4(15,16)5(17,18)6(19,20)7(21,22)8(23,24)9(25,26)27;/h1H,(H,28,29,30);/q;+1/p-1. The Labute approximate surface area is 205 Å². The van der Waals surface area contributed by atoms with Gasteiger partial charge in [-0.25, -0.2) is 12.8 Å². The molecule has 188 valence electrons. The fraction of sp³-hybridized carbons (Fsp3) is 1.00. The summed E-state index contributed by atoms with van der Waals surface area (Å²) < 4.78 is 259. The third kappa shape index (κ3) is 4.58. The summed E-state index contributed by atoms with van der Waals surface area (Å²) in [6.45, 7) is 0. The van der Waals surface area contributed by atoms with E-state index in [1.54, 1.807) is 0 Å². The first-order chi connectivity index (χ1) is 12.9. The minimum absolute atomic E-state index is 0. The zero-order chi connectivity index (χ0) is 26.1. The molecule has 0 saturated heterocycles. The molecule has 0 aliphatic heterocycles. The van der Waals surface area contributed by atoms with Crippen molar-refractivity contribution in [3.63, 3.8) is 0 Å². The largest absolute Gasteiger partial charge is 1.00 e. The predicted molar refractivity (Wildman–Crippen MR) is 55.3 cm³/mol. The van der Waals surface area contributed by atoms with Gasteiger partial charge in [-0.15, -0.1) is 0 Å². The molecule has 1 atom stereocenters. The van der Waals surface area contributed by atoms with E-state index in [4.69, 9.17) is 0 Å². The van der Waals surface area contributed by atoms with Gasteiger partial charge >= 0.3 is 99.0 Å². The van der Waals surface area contributed by atoms with Crippen LogP contribution in [0.15, 0.2) is 0 Å². The van der Waals surface area contributed by atoms with Gasteiger partial charge in [0.1, 0.15) is 10.1 Å². The van der Waals surface area contributed by atoms with Crippen LogP contribution in [0, 0.1) is 0 Å². The van der Waals surface area contributed by atoms with Crippen molar-refractivity contribution in [2.45, 2.75) is 53.1 Å². The van der Waals surface area contributed by atoms with Crippen molar-refractivity contribution in [2.24, 2.45) is 0 Å². The summed E-state index contributed by atoms with van der Waals surface area (Å²) in [5, 5.41) is 0. The van der Waals surface area contributed by atoms with Crippen LogP contribution in [-0.4, -0.2) is 66.1 Å². The zero-order valence-corrected chi connectivity index (χ0v) is 18.0. The molecular weight excluding hydrogens is 569 g/mol. The van der Waals surface area contributed by atoms with Crippen molar-refractivity contribution < 1.29 is 143 Å². The van der Waals surface area contributed by atoms with Crippen LogP contribution in [0.2, 0.25) is 0 Å². The van der Waals surface area contributed by atoms with Gasteiger partial charge in [0, 0.05) is 0 Å². The van der Waals surface area contributed by atoms with Gasteiger partial charge in [-0.3, -0.25) is 0 Å². The smallest absolute Gasteiger partial charge is 0.746 e. The monoisotopic (exact) mass is 570 g/mol. The Morgan fingerprint density at radius 1 is 0.500 bits per heavy atom. The maximum atomic E-state index is 13.2. The summed E-state index contributed by atoms with van der Waals surface area (Å²) in [5.74, 6) is -60.4. The van der Waals surface area contributed by atoms with Crippen LogP contribution < -0.4 is 51.4 Å². The first kappa shape index (κ1) is 34.5. The van der Waals surface area contributed by atoms with Crippen molar-refractivity contribution in [3.8, 4) is 0 Å². The van der Waals surface area contributed by atoms with Crippen molar-refractivity contribution in [3.05, 3.63) is 0 Å². The Hall–Kier alpha value is 0.286. The second-order valence-electron chi connectivity index (χ2n) is 5.38. The minimum Gasteiger partial charge on any atom is -0.746 e. The summed E-state index contributed by atoms with van der Waals surface area (Å²) in [4.78, 5) is 0. The van der Waals surface area contributed by atoms with E-state index in [-0.39, 0.29) is 51.4 Å². The second kappa shape index (κ2) is 8.74. The SMILES string of the molecule is O=S(=O)([O-])C(F)C(F)(F)C(F)(F)C(F)(F)C(F)(F)C(F)(F)C(F)(F)C(F)(F)C(F)(F)F.[K+]. The molecule has 0 aromatic heterocycles. The normalized spacial score (nSPS) is 17.1. The average molecular weight is 570 g/mol. The molecule has 0 rings (SSSR count). The van der Waals surface area contributed by atoms with E-state index < -0.39 is 63.3 Å². The number of alkyl halides is 18. The molecule has 0 aliphatic rings. The van der Waals surface area contributed by atoms with Crippen LogP contribution in [0.25, 0.3) is 0 Å². The van der Waals surface area contributed by atoms with Gasteiger partial charge in [-0.2, -0.15) is 74.6 Å². The van der Waals surface area contributed by atoms with Crippen LogP contribution in [0.5, 0.6) is 0 Å². The molecule has 0 fully saturated rings. The minimum atomic E-state index is -8.99. The van der Waals surface area contributed by atoms with Gasteiger partial charge < -0.3 is 4.55 Å². The topological polar surface area (TPSA) is 57.2 Å². The number of rotatable bonds is 8. The Kier molecular flexibility index (Phi) is 9.42. The summed E-state index contributed by atoms with van der Waals surface area (Å²) in [5.41, 5.74) is -6.14. The first-order valence-corrected chi connectivity index (χ1v) is 7.68. The summed E-state index contributed by atoms with van der Waals surface area (Å²) in [7, 11) is -7.49. The molecule has 0 spiro atoms. The molecule has 0 radical (unpaired) electrons. The molecule has 0 aromatic rings. The molecule has 0 heterocycles. The fourth-order valence-electron chi connectivity index (χ4n) is 1.50. The van der Waals surface area contributed by atoms with Crippen molar-refractivity contribution >= 4 is 10.1 Å². The van der Waals surface area contributed by atoms with E-state index in [0.717, 1.165) is 0 Å². The maximum absolute atomic E-state index is 13.2. The van der Waals surface area contributed by atoms with Crippen LogP contribution in [-0.2, 0) is 10.1 Å². The summed E-state index contributed by atoms with van der Waals surface area (Å²) >= 11 is 0. The summed E-state index contributed by atoms with van der Waals surface area (Å²) in [6, 6.07) is 0. The fourth-order valence-corrected chi connectivity index (χ4v) is 2.01. The van der Waals surface area contributed by atoms with Gasteiger partial charge in [-0.05, 0) is 0 Å². The van der Waals surface area contributed by atoms with E-state index in [2.05, 4.69) is 0 Å². The molecule has 32 heavy (non-hydrogen) atoms. The van der Waals surface area contributed by atoms with E-state index in [0.29, 0.717) is 0 Å². The molecule has 0 aromatic carbocycles. The van der Waals surface area contributed by atoms with Crippen LogP contribution in [0.3, 0.4) is 0 Å². The van der Waals surface area contributed by atoms with Gasteiger partial charge in [0.05, 0.1) is 0 Å². The van der Waals surface area contributed by atoms with E-state index in [1.807, 2.05) is 0 Å². The average Bonchev–Trinajstić information content (AvgIpc) is 2.50. The molecule has 0 amide bonds. The molecule has 0 bridgehead atoms. The van der Waals surface area contributed by atoms with Crippen LogP contribution in [0.1, 0.15) is 0 Å². The Morgan fingerprint density at radius 2 is 0.719 bits per heavy atom. The van der Waals surface area contributed by atoms with Crippen molar-refractivity contribution in [2.75, 3.05) is 0 Å². The Balaban J connectivity index is 0. The maximum Gasteiger partial charge on any atom is 1.00 e. The third-order valence-corrected chi connectivity index (χ3v) is 4.09. The van der Waals surface area contributed by atoms with Gasteiger partial charge in [0.2, 0.25) is 0 Å². The predicted octanol–water partition coefficient (Wildman–Crippen LogP) is 1.84. The number of hydrogen-bond donors (Lipinski definition) is 0. The van der Waals surface area contributed by atoms with Crippen LogP contribution in [0.4, 0.5) is 79.0 Å².